The lowest BCUT2D eigenvalue weighted by Crippen LogP contribution is -2.43. The van der Waals surface area contributed by atoms with E-state index in [1.165, 1.54) is 0 Å². The summed E-state index contributed by atoms with van der Waals surface area (Å²) >= 11 is 3.47. The summed E-state index contributed by atoms with van der Waals surface area (Å²) in [6.07, 6.45) is 0. The molecule has 0 aliphatic heterocycles. The van der Waals surface area contributed by atoms with Gasteiger partial charge in [0.1, 0.15) is 11.5 Å². The highest BCUT2D eigenvalue weighted by molar-refractivity contribution is 9.10. The lowest BCUT2D eigenvalue weighted by Gasteiger charge is -2.36. The van der Waals surface area contributed by atoms with Crippen molar-refractivity contribution < 1.29 is 9.16 Å². The van der Waals surface area contributed by atoms with Crippen LogP contribution in [0.25, 0.3) is 0 Å². The third kappa shape index (κ3) is 3.74. The van der Waals surface area contributed by atoms with Crippen LogP contribution in [0.5, 0.6) is 11.5 Å². The average molecular weight is 317 g/mol. The van der Waals surface area contributed by atoms with Crippen molar-refractivity contribution in [1.29, 1.82) is 0 Å². The molecule has 0 amide bonds. The number of rotatable bonds is 3. The second kappa shape index (κ2) is 5.02. The van der Waals surface area contributed by atoms with Gasteiger partial charge in [0.2, 0.25) is 8.32 Å². The fraction of sp³-hybridized carbons (Fsp3) is 0.538. The number of benzene rings is 1. The Morgan fingerprint density at radius 1 is 1.06 bits per heavy atom. The van der Waals surface area contributed by atoms with Crippen molar-refractivity contribution in [1.82, 2.24) is 0 Å². The van der Waals surface area contributed by atoms with Crippen molar-refractivity contribution in [2.75, 3.05) is 7.11 Å². The van der Waals surface area contributed by atoms with Crippen molar-refractivity contribution in [2.24, 2.45) is 0 Å². The molecule has 17 heavy (non-hydrogen) atoms. The molecule has 1 aromatic carbocycles. The van der Waals surface area contributed by atoms with Crippen molar-refractivity contribution in [3.63, 3.8) is 0 Å². The van der Waals surface area contributed by atoms with Gasteiger partial charge in [0.05, 0.1) is 7.11 Å². The topological polar surface area (TPSA) is 18.5 Å². The molecule has 96 valence electrons. The fourth-order valence-electron chi connectivity index (χ4n) is 1.16. The van der Waals surface area contributed by atoms with Gasteiger partial charge in [-0.3, -0.25) is 0 Å². The molecule has 1 aromatic rings. The summed E-state index contributed by atoms with van der Waals surface area (Å²) < 4.78 is 12.4. The van der Waals surface area contributed by atoms with Crippen LogP contribution in [0, 0.1) is 0 Å². The summed E-state index contributed by atoms with van der Waals surface area (Å²) in [6, 6.07) is 5.85. The molecule has 0 aliphatic carbocycles. The molecule has 0 fully saturated rings. The second-order valence-electron chi connectivity index (χ2n) is 5.69. The first-order chi connectivity index (χ1) is 7.65. The maximum atomic E-state index is 6.22. The van der Waals surface area contributed by atoms with E-state index in [2.05, 4.69) is 49.8 Å². The summed E-state index contributed by atoms with van der Waals surface area (Å²) in [7, 11) is -0.116. The third-order valence-electron chi connectivity index (χ3n) is 3.26. The Bertz CT molecular complexity index is 397. The van der Waals surface area contributed by atoms with Gasteiger partial charge in [-0.2, -0.15) is 0 Å². The maximum absolute atomic E-state index is 6.22. The molecular weight excluding hydrogens is 296 g/mol. The van der Waals surface area contributed by atoms with Gasteiger partial charge in [0, 0.05) is 10.5 Å². The zero-order valence-electron chi connectivity index (χ0n) is 11.4. The van der Waals surface area contributed by atoms with Crippen LogP contribution in [-0.2, 0) is 0 Å². The quantitative estimate of drug-likeness (QED) is 0.743. The molecule has 1 rings (SSSR count). The monoisotopic (exact) mass is 316 g/mol. The number of methoxy groups -OCH3 is 1. The number of ether oxygens (including phenoxy) is 1. The Morgan fingerprint density at radius 2 is 1.59 bits per heavy atom. The van der Waals surface area contributed by atoms with Crippen LogP contribution in [-0.4, -0.2) is 15.4 Å². The molecule has 2 nitrogen and oxygen atoms in total. The first-order valence-electron chi connectivity index (χ1n) is 5.69. The lowest BCUT2D eigenvalue weighted by molar-refractivity contribution is 0.410. The zero-order chi connectivity index (χ0) is 13.3. The third-order valence-corrected chi connectivity index (χ3v) is 8.08. The Morgan fingerprint density at radius 3 is 2.06 bits per heavy atom. The summed E-state index contributed by atoms with van der Waals surface area (Å²) in [5.41, 5.74) is 0. The highest BCUT2D eigenvalue weighted by Gasteiger charge is 2.39. The van der Waals surface area contributed by atoms with Gasteiger partial charge in [0.25, 0.3) is 0 Å². The maximum Gasteiger partial charge on any atom is 0.250 e. The Hall–Kier alpha value is -0.483. The van der Waals surface area contributed by atoms with Gasteiger partial charge in [-0.05, 0) is 30.3 Å². The number of hydrogen-bond donors (Lipinski definition) is 0. The molecule has 0 bridgehead atoms. The molecule has 0 atom stereocenters. The summed E-state index contributed by atoms with van der Waals surface area (Å²) in [6.45, 7) is 11.2. The molecular formula is C13H21BrO2Si. The molecule has 0 aromatic heterocycles. The second-order valence-corrected chi connectivity index (χ2v) is 11.3. The van der Waals surface area contributed by atoms with E-state index in [0.29, 0.717) is 0 Å². The number of hydrogen-bond acceptors (Lipinski definition) is 2. The van der Waals surface area contributed by atoms with Crippen LogP contribution in [0.15, 0.2) is 22.7 Å². The fourth-order valence-corrected chi connectivity index (χ4v) is 2.63. The zero-order valence-corrected chi connectivity index (χ0v) is 14.0. The van der Waals surface area contributed by atoms with Gasteiger partial charge in [-0.1, -0.05) is 36.7 Å². The molecule has 0 aliphatic rings. The van der Waals surface area contributed by atoms with E-state index in [-0.39, 0.29) is 5.04 Å². The van der Waals surface area contributed by atoms with E-state index in [0.717, 1.165) is 16.0 Å². The smallest absolute Gasteiger partial charge is 0.250 e. The minimum atomic E-state index is -1.78. The first-order valence-corrected chi connectivity index (χ1v) is 9.39. The van der Waals surface area contributed by atoms with Crippen molar-refractivity contribution in [3.8, 4) is 11.5 Å². The highest BCUT2D eigenvalue weighted by atomic mass is 79.9. The van der Waals surface area contributed by atoms with Crippen LogP contribution < -0.4 is 9.16 Å². The minimum absolute atomic E-state index is 0.197. The molecule has 0 radical (unpaired) electrons. The molecule has 0 saturated carbocycles. The lowest BCUT2D eigenvalue weighted by atomic mass is 10.2. The first kappa shape index (κ1) is 14.6. The average Bonchev–Trinajstić information content (AvgIpc) is 2.14. The van der Waals surface area contributed by atoms with Crippen molar-refractivity contribution in [2.45, 2.75) is 38.9 Å². The Labute approximate surface area is 114 Å². The van der Waals surface area contributed by atoms with Crippen molar-refractivity contribution in [3.05, 3.63) is 22.7 Å². The molecule has 0 saturated heterocycles. The SMILES string of the molecule is COc1cc(Br)cc(O[Si](C)(C)C(C)(C)C)c1. The number of halogens is 1. The van der Waals surface area contributed by atoms with E-state index < -0.39 is 8.32 Å². The normalized spacial score (nSPS) is 12.4. The summed E-state index contributed by atoms with van der Waals surface area (Å²) in [5, 5.41) is 0.197. The van der Waals surface area contributed by atoms with E-state index in [4.69, 9.17) is 9.16 Å². The van der Waals surface area contributed by atoms with E-state index >= 15 is 0 Å². The predicted molar refractivity (Wildman–Crippen MR) is 78.5 cm³/mol. The standard InChI is InChI=1S/C13H21BrO2Si/c1-13(2,3)17(5,6)16-12-8-10(14)7-11(9-12)15-4/h7-9H,1-6H3. The van der Waals surface area contributed by atoms with Crippen LogP contribution in [0.2, 0.25) is 18.1 Å². The highest BCUT2D eigenvalue weighted by Crippen LogP contribution is 2.38. The van der Waals surface area contributed by atoms with Gasteiger partial charge in [-0.25, -0.2) is 0 Å². The largest absolute Gasteiger partial charge is 0.543 e. The van der Waals surface area contributed by atoms with Gasteiger partial charge >= 0.3 is 0 Å². The molecule has 0 heterocycles. The summed E-state index contributed by atoms with van der Waals surface area (Å²) in [5.74, 6) is 1.69. The van der Waals surface area contributed by atoms with Crippen LogP contribution >= 0.6 is 15.9 Å². The summed E-state index contributed by atoms with van der Waals surface area (Å²) in [4.78, 5) is 0. The Kier molecular flexibility index (Phi) is 4.31. The van der Waals surface area contributed by atoms with E-state index in [1.807, 2.05) is 18.2 Å². The minimum Gasteiger partial charge on any atom is -0.543 e. The van der Waals surface area contributed by atoms with Crippen molar-refractivity contribution >= 4 is 24.2 Å². The van der Waals surface area contributed by atoms with Crippen LogP contribution in [0.1, 0.15) is 20.8 Å². The van der Waals surface area contributed by atoms with Crippen LogP contribution in [0.3, 0.4) is 0 Å². The van der Waals surface area contributed by atoms with Gasteiger partial charge in [-0.15, -0.1) is 0 Å². The molecule has 4 heteroatoms. The van der Waals surface area contributed by atoms with Gasteiger partial charge in [0.15, 0.2) is 0 Å². The van der Waals surface area contributed by atoms with Gasteiger partial charge < -0.3 is 9.16 Å². The van der Waals surface area contributed by atoms with Crippen LogP contribution in [0.4, 0.5) is 0 Å². The van der Waals surface area contributed by atoms with E-state index in [9.17, 15) is 0 Å². The molecule has 0 spiro atoms. The Balaban J connectivity index is 2.99. The van der Waals surface area contributed by atoms with E-state index in [1.54, 1.807) is 7.11 Å². The molecule has 0 unspecified atom stereocenters. The predicted octanol–water partition coefficient (Wildman–Crippen LogP) is 4.84. The molecule has 0 N–H and O–H groups in total.